The number of aromatic nitrogens is 2. The van der Waals surface area contributed by atoms with E-state index in [-0.39, 0.29) is 11.7 Å². The average molecular weight is 349 g/mol. The summed E-state index contributed by atoms with van der Waals surface area (Å²) in [6, 6.07) is 12.1. The zero-order chi connectivity index (χ0) is 17.9. The smallest absolute Gasteiger partial charge is 0.244 e. The molecule has 2 N–H and O–H groups in total. The van der Waals surface area contributed by atoms with Crippen LogP contribution >= 0.6 is 0 Å². The molecule has 26 heavy (non-hydrogen) atoms. The van der Waals surface area contributed by atoms with Gasteiger partial charge in [0, 0.05) is 35.8 Å². The number of H-pyrrole nitrogens is 1. The molecule has 0 saturated heterocycles. The zero-order valence-electron chi connectivity index (χ0n) is 13.8. The number of halogens is 1. The van der Waals surface area contributed by atoms with Gasteiger partial charge in [-0.1, -0.05) is 12.1 Å². The van der Waals surface area contributed by atoms with Crippen LogP contribution in [0.1, 0.15) is 11.5 Å². The third-order valence-electron chi connectivity index (χ3n) is 4.11. The van der Waals surface area contributed by atoms with Gasteiger partial charge in [0.2, 0.25) is 11.8 Å². The quantitative estimate of drug-likeness (QED) is 0.538. The second kappa shape index (κ2) is 6.84. The maximum absolute atomic E-state index is 13.2. The molecule has 0 aliphatic heterocycles. The number of benzene rings is 2. The Labute approximate surface area is 148 Å². The molecule has 0 atom stereocenters. The number of fused-ring (bicyclic) bond motifs is 2. The molecule has 130 valence electrons. The number of para-hydroxylation sites is 2. The topological polar surface area (TPSA) is 70.9 Å². The third-order valence-corrected chi connectivity index (χ3v) is 4.11. The van der Waals surface area contributed by atoms with Gasteiger partial charge in [0.05, 0.1) is 0 Å². The van der Waals surface area contributed by atoms with Gasteiger partial charge in [-0.25, -0.2) is 9.37 Å². The molecule has 4 aromatic rings. The average Bonchev–Trinajstić information content (AvgIpc) is 3.23. The number of amides is 1. The molecule has 0 aliphatic rings. The van der Waals surface area contributed by atoms with Crippen molar-refractivity contribution in [2.24, 2.45) is 0 Å². The predicted molar refractivity (Wildman–Crippen MR) is 98.0 cm³/mol. The van der Waals surface area contributed by atoms with Crippen LogP contribution in [0.4, 0.5) is 4.39 Å². The Balaban J connectivity index is 1.34. The Hall–Kier alpha value is -3.41. The zero-order valence-corrected chi connectivity index (χ0v) is 13.8. The van der Waals surface area contributed by atoms with Crippen LogP contribution in [0.3, 0.4) is 0 Å². The van der Waals surface area contributed by atoms with Crippen molar-refractivity contribution in [2.75, 3.05) is 6.54 Å². The number of aromatic amines is 1. The molecule has 4 rings (SSSR count). The standard InChI is InChI=1S/C20H16FN3O2/c21-14-5-6-15-13(12-23-17(15)11-14)9-10-22-19(25)7-8-20-24-16-3-1-2-4-18(16)26-20/h1-8,11-12,23H,9-10H2,(H,22,25). The van der Waals surface area contributed by atoms with E-state index in [4.69, 9.17) is 4.42 Å². The first kappa shape index (κ1) is 16.1. The molecule has 0 aliphatic carbocycles. The van der Waals surface area contributed by atoms with E-state index in [2.05, 4.69) is 15.3 Å². The van der Waals surface area contributed by atoms with Crippen LogP contribution in [0.2, 0.25) is 0 Å². The van der Waals surface area contributed by atoms with Crippen LogP contribution in [0, 0.1) is 5.82 Å². The molecule has 0 spiro atoms. The molecule has 0 fully saturated rings. The Bertz CT molecular complexity index is 1080. The molecular formula is C20H16FN3O2. The van der Waals surface area contributed by atoms with Gasteiger partial charge in [-0.05, 0) is 42.3 Å². The fraction of sp³-hybridized carbons (Fsp3) is 0.100. The summed E-state index contributed by atoms with van der Waals surface area (Å²) in [6.45, 7) is 0.473. The summed E-state index contributed by atoms with van der Waals surface area (Å²) < 4.78 is 18.7. The summed E-state index contributed by atoms with van der Waals surface area (Å²) in [5.74, 6) is -0.110. The first-order valence-corrected chi connectivity index (χ1v) is 8.26. The largest absolute Gasteiger partial charge is 0.437 e. The maximum atomic E-state index is 13.2. The van der Waals surface area contributed by atoms with Crippen LogP contribution in [0.5, 0.6) is 0 Å². The summed E-state index contributed by atoms with van der Waals surface area (Å²) in [4.78, 5) is 19.3. The van der Waals surface area contributed by atoms with E-state index in [1.165, 1.54) is 18.2 Å². The Morgan fingerprint density at radius 1 is 1.27 bits per heavy atom. The Morgan fingerprint density at radius 2 is 2.15 bits per heavy atom. The predicted octanol–water partition coefficient (Wildman–Crippen LogP) is 3.82. The van der Waals surface area contributed by atoms with Crippen molar-refractivity contribution in [1.29, 1.82) is 0 Å². The number of rotatable bonds is 5. The van der Waals surface area contributed by atoms with Crippen molar-refractivity contribution in [1.82, 2.24) is 15.3 Å². The third kappa shape index (κ3) is 3.35. The minimum absolute atomic E-state index is 0.224. The lowest BCUT2D eigenvalue weighted by Crippen LogP contribution is -2.23. The number of carbonyl (C=O) groups is 1. The van der Waals surface area contributed by atoms with E-state index in [9.17, 15) is 9.18 Å². The normalized spacial score (nSPS) is 11.6. The molecule has 0 saturated carbocycles. The minimum atomic E-state index is -0.275. The van der Waals surface area contributed by atoms with Crippen molar-refractivity contribution < 1.29 is 13.6 Å². The molecule has 1 amide bonds. The highest BCUT2D eigenvalue weighted by Gasteiger charge is 2.06. The first-order valence-electron chi connectivity index (χ1n) is 8.26. The molecule has 2 aromatic heterocycles. The molecule has 6 heteroatoms. The highest BCUT2D eigenvalue weighted by Crippen LogP contribution is 2.19. The molecular weight excluding hydrogens is 333 g/mol. The number of nitrogens with one attached hydrogen (secondary N) is 2. The van der Waals surface area contributed by atoms with Crippen LogP contribution < -0.4 is 5.32 Å². The van der Waals surface area contributed by atoms with Crippen LogP contribution in [-0.2, 0) is 11.2 Å². The first-order chi connectivity index (χ1) is 12.7. The van der Waals surface area contributed by atoms with Gasteiger partial charge in [0.15, 0.2) is 5.58 Å². The van der Waals surface area contributed by atoms with Crippen LogP contribution in [0.25, 0.3) is 28.1 Å². The fourth-order valence-corrected chi connectivity index (χ4v) is 2.85. The Morgan fingerprint density at radius 3 is 3.04 bits per heavy atom. The van der Waals surface area contributed by atoms with Crippen molar-refractivity contribution in [3.63, 3.8) is 0 Å². The van der Waals surface area contributed by atoms with E-state index in [1.807, 2.05) is 30.5 Å². The van der Waals surface area contributed by atoms with E-state index >= 15 is 0 Å². The number of hydrogen-bond donors (Lipinski definition) is 2. The maximum Gasteiger partial charge on any atom is 0.244 e. The van der Waals surface area contributed by atoms with Crippen LogP contribution in [-0.4, -0.2) is 22.4 Å². The number of carbonyl (C=O) groups excluding carboxylic acids is 1. The van der Waals surface area contributed by atoms with Gasteiger partial charge in [0.1, 0.15) is 11.3 Å². The second-order valence-electron chi connectivity index (χ2n) is 5.90. The summed E-state index contributed by atoms with van der Waals surface area (Å²) >= 11 is 0. The lowest BCUT2D eigenvalue weighted by atomic mass is 10.1. The van der Waals surface area contributed by atoms with E-state index in [0.29, 0.717) is 24.4 Å². The molecule has 2 heterocycles. The lowest BCUT2D eigenvalue weighted by molar-refractivity contribution is -0.116. The molecule has 0 radical (unpaired) electrons. The van der Waals surface area contributed by atoms with Gasteiger partial charge in [0.25, 0.3) is 0 Å². The number of oxazole rings is 1. The fourth-order valence-electron chi connectivity index (χ4n) is 2.85. The van der Waals surface area contributed by atoms with E-state index in [0.717, 1.165) is 22.0 Å². The lowest BCUT2D eigenvalue weighted by Gasteiger charge is -2.01. The van der Waals surface area contributed by atoms with Gasteiger partial charge in [-0.2, -0.15) is 0 Å². The van der Waals surface area contributed by atoms with Crippen molar-refractivity contribution in [3.05, 3.63) is 72.0 Å². The Kier molecular flexibility index (Phi) is 4.23. The molecule has 5 nitrogen and oxygen atoms in total. The van der Waals surface area contributed by atoms with Gasteiger partial charge in [-0.3, -0.25) is 4.79 Å². The highest BCUT2D eigenvalue weighted by atomic mass is 19.1. The van der Waals surface area contributed by atoms with E-state index in [1.54, 1.807) is 12.1 Å². The van der Waals surface area contributed by atoms with Crippen molar-refractivity contribution >= 4 is 34.0 Å². The SMILES string of the molecule is O=C(C=Cc1nc2ccccc2o1)NCCc1c[nH]c2cc(F)ccc12. The summed E-state index contributed by atoms with van der Waals surface area (Å²) in [5.41, 5.74) is 3.22. The summed E-state index contributed by atoms with van der Waals surface area (Å²) in [5, 5.41) is 3.78. The minimum Gasteiger partial charge on any atom is -0.437 e. The van der Waals surface area contributed by atoms with Gasteiger partial charge >= 0.3 is 0 Å². The van der Waals surface area contributed by atoms with Crippen molar-refractivity contribution in [3.8, 4) is 0 Å². The highest BCUT2D eigenvalue weighted by molar-refractivity contribution is 5.91. The molecule has 0 bridgehead atoms. The van der Waals surface area contributed by atoms with Gasteiger partial charge in [-0.15, -0.1) is 0 Å². The molecule has 2 aromatic carbocycles. The number of hydrogen-bond acceptors (Lipinski definition) is 3. The number of nitrogens with zero attached hydrogens (tertiary/aromatic N) is 1. The van der Waals surface area contributed by atoms with Gasteiger partial charge < -0.3 is 14.7 Å². The summed E-state index contributed by atoms with van der Waals surface area (Å²) in [6.07, 6.45) is 5.43. The van der Waals surface area contributed by atoms with Crippen LogP contribution in [0.15, 0.2) is 59.2 Å². The molecule has 0 unspecified atom stereocenters. The summed E-state index contributed by atoms with van der Waals surface area (Å²) in [7, 11) is 0. The second-order valence-corrected chi connectivity index (χ2v) is 5.90. The monoisotopic (exact) mass is 349 g/mol. The van der Waals surface area contributed by atoms with Crippen molar-refractivity contribution in [2.45, 2.75) is 6.42 Å². The van der Waals surface area contributed by atoms with E-state index < -0.39 is 0 Å².